The Labute approximate surface area is 202 Å². The first kappa shape index (κ1) is 30.3. The third-order valence-corrected chi connectivity index (χ3v) is 3.10. The molecule has 2 nitrogen and oxygen atoms in total. The van der Waals surface area contributed by atoms with Gasteiger partial charge in [-0.15, -0.1) is 67.9 Å². The Balaban J connectivity index is 0. The zero-order valence-electron chi connectivity index (χ0n) is 18.0. The van der Waals surface area contributed by atoms with Gasteiger partial charge in [0.25, 0.3) is 0 Å². The molecular weight excluding hydrogens is 448 g/mol. The van der Waals surface area contributed by atoms with E-state index in [2.05, 4.69) is 79.3 Å². The van der Waals surface area contributed by atoms with Crippen LogP contribution in [0, 0.1) is 18.6 Å². The topological polar surface area (TPSA) is 46.1 Å². The van der Waals surface area contributed by atoms with Crippen molar-refractivity contribution >= 4 is 0 Å². The molecule has 0 amide bonds. The Kier molecular flexibility index (Phi) is 25.3. The van der Waals surface area contributed by atoms with Crippen LogP contribution < -0.4 is 10.2 Å². The van der Waals surface area contributed by atoms with E-state index in [-0.39, 0.29) is 39.4 Å². The molecule has 0 N–H and O–H groups in total. The second kappa shape index (κ2) is 25.1. The predicted molar refractivity (Wildman–Crippen MR) is 120 cm³/mol. The third-order valence-electron chi connectivity index (χ3n) is 3.10. The fraction of sp³-hybridized carbons (Fsp3) is 0.222. The maximum atomic E-state index is 8.93. The number of hydrogen-bond acceptors (Lipinski definition) is 2. The molecule has 0 spiro atoms. The van der Waals surface area contributed by atoms with Crippen molar-refractivity contribution in [3.63, 3.8) is 0 Å². The minimum Gasteiger partial charge on any atom is -0.855 e. The van der Waals surface area contributed by atoms with Gasteiger partial charge in [0.15, 0.2) is 0 Å². The second-order valence-corrected chi connectivity index (χ2v) is 5.55. The van der Waals surface area contributed by atoms with Crippen molar-refractivity contribution in [3.8, 4) is 0 Å². The summed E-state index contributed by atoms with van der Waals surface area (Å²) >= 11 is 0. The molecule has 0 atom stereocenters. The Bertz CT molecular complexity index is 608. The molecule has 30 heavy (non-hydrogen) atoms. The fourth-order valence-electron chi connectivity index (χ4n) is 1.97. The van der Waals surface area contributed by atoms with Gasteiger partial charge in [-0.25, -0.2) is 24.3 Å². The summed E-state index contributed by atoms with van der Waals surface area (Å²) in [5.41, 5.74) is 2.49. The third kappa shape index (κ3) is 20.8. The summed E-state index contributed by atoms with van der Waals surface area (Å²) < 4.78 is 0. The average molecular weight is 479 g/mol. The van der Waals surface area contributed by atoms with Gasteiger partial charge < -0.3 is 10.2 Å². The molecule has 4 rings (SSSR count). The smallest absolute Gasteiger partial charge is 0.855 e. The summed E-state index contributed by atoms with van der Waals surface area (Å²) in [6.07, 6.45) is 22.2. The first-order valence-electron chi connectivity index (χ1n) is 9.82. The van der Waals surface area contributed by atoms with Crippen molar-refractivity contribution in [1.82, 2.24) is 0 Å². The van der Waals surface area contributed by atoms with E-state index < -0.39 is 0 Å². The van der Waals surface area contributed by atoms with Gasteiger partial charge >= 0.3 is 26.2 Å². The van der Waals surface area contributed by atoms with Crippen molar-refractivity contribution in [3.05, 3.63) is 127 Å². The van der Waals surface area contributed by atoms with Crippen molar-refractivity contribution in [2.75, 3.05) is 13.2 Å². The predicted octanol–water partition coefficient (Wildman–Crippen LogP) is 4.63. The minimum atomic E-state index is 0. The summed E-state index contributed by atoms with van der Waals surface area (Å²) in [7, 11) is 0. The van der Waals surface area contributed by atoms with E-state index in [0.717, 1.165) is 12.8 Å². The van der Waals surface area contributed by atoms with E-state index in [1.807, 2.05) is 36.4 Å². The average Bonchev–Trinajstić information content (AvgIpc) is 3.50. The summed E-state index contributed by atoms with van der Waals surface area (Å²) in [5, 5.41) is 17.9. The molecule has 2 aromatic rings. The van der Waals surface area contributed by atoms with Gasteiger partial charge in [-0.3, -0.25) is 12.2 Å². The van der Waals surface area contributed by atoms with Crippen LogP contribution in [-0.2, 0) is 26.2 Å². The number of rotatable bonds is 2. The van der Waals surface area contributed by atoms with E-state index in [0.29, 0.717) is 0 Å². The molecule has 0 aromatic heterocycles. The molecular formula is C27H31O2Zr-3. The van der Waals surface area contributed by atoms with Crippen LogP contribution in [0.15, 0.2) is 97.1 Å². The summed E-state index contributed by atoms with van der Waals surface area (Å²) in [6.45, 7) is 3.14. The van der Waals surface area contributed by atoms with Crippen molar-refractivity contribution < 1.29 is 36.4 Å². The number of hydrogen-bond donors (Lipinski definition) is 0. The molecule has 0 bridgehead atoms. The monoisotopic (exact) mass is 477 g/mol. The normalized spacial score (nSPS) is 11.2. The van der Waals surface area contributed by atoms with Gasteiger partial charge in [0.1, 0.15) is 0 Å². The van der Waals surface area contributed by atoms with Crippen molar-refractivity contribution in [2.24, 2.45) is 0 Å². The molecule has 0 heterocycles. The summed E-state index contributed by atoms with van der Waals surface area (Å²) in [5.74, 6) is 0. The van der Waals surface area contributed by atoms with Crippen molar-refractivity contribution in [1.29, 1.82) is 0 Å². The zero-order chi connectivity index (χ0) is 21.4. The van der Waals surface area contributed by atoms with E-state index in [1.54, 1.807) is 13.8 Å². The van der Waals surface area contributed by atoms with E-state index in [9.17, 15) is 0 Å². The standard InChI is InChI=1S/C13H11.2C5H5.2C2H5O.Zr/c1-3-7-12(8-4-1)11-13-9-5-2-6-10-13;2*1-2-4-5-3-1;2*1-2-3;/h1-11H;2*1-3H,4H2;2*2H2,1H3;/q5*-1;+2. The van der Waals surface area contributed by atoms with Crippen LogP contribution in [0.2, 0.25) is 0 Å². The van der Waals surface area contributed by atoms with Gasteiger partial charge in [-0.05, 0) is 0 Å². The Morgan fingerprint density at radius 3 is 1.23 bits per heavy atom. The van der Waals surface area contributed by atoms with Gasteiger partial charge in [-0.2, -0.15) is 12.2 Å². The summed E-state index contributed by atoms with van der Waals surface area (Å²) in [6, 6.07) is 20.7. The van der Waals surface area contributed by atoms with Crippen LogP contribution in [-0.4, -0.2) is 13.2 Å². The van der Waals surface area contributed by atoms with E-state index in [4.69, 9.17) is 10.2 Å². The fourth-order valence-corrected chi connectivity index (χ4v) is 1.97. The van der Waals surface area contributed by atoms with E-state index in [1.165, 1.54) is 11.1 Å². The van der Waals surface area contributed by atoms with Crippen LogP contribution in [0.5, 0.6) is 0 Å². The van der Waals surface area contributed by atoms with Crippen molar-refractivity contribution in [2.45, 2.75) is 26.7 Å². The Morgan fingerprint density at radius 1 is 0.700 bits per heavy atom. The molecule has 2 aliphatic rings. The minimum absolute atomic E-state index is 0. The first-order chi connectivity index (χ1) is 14.3. The van der Waals surface area contributed by atoms with Crippen LogP contribution in [0.3, 0.4) is 0 Å². The molecule has 0 aliphatic heterocycles. The van der Waals surface area contributed by atoms with Gasteiger partial charge in [0.2, 0.25) is 0 Å². The largest absolute Gasteiger partial charge is 2.00 e. The molecule has 158 valence electrons. The number of allylic oxidation sites excluding steroid dienone is 8. The van der Waals surface area contributed by atoms with Gasteiger partial charge in [0, 0.05) is 0 Å². The van der Waals surface area contributed by atoms with Crippen LogP contribution in [0.1, 0.15) is 37.8 Å². The molecule has 2 aromatic carbocycles. The SMILES string of the molecule is CC[O-].CC[O-].[C-]1=CC=CC1.[C-]1=CC=CC1.[Zr+2].c1ccc([CH-]c2ccccc2)cc1. The molecule has 3 heteroatoms. The maximum absolute atomic E-state index is 8.93. The first-order valence-corrected chi connectivity index (χ1v) is 9.82. The van der Waals surface area contributed by atoms with Crippen LogP contribution >= 0.6 is 0 Å². The quantitative estimate of drug-likeness (QED) is 0.591. The molecule has 0 saturated heterocycles. The Morgan fingerprint density at radius 2 is 1.03 bits per heavy atom. The van der Waals surface area contributed by atoms with Gasteiger partial charge in [-0.1, -0.05) is 50.2 Å². The van der Waals surface area contributed by atoms with Gasteiger partial charge in [0.05, 0.1) is 0 Å². The van der Waals surface area contributed by atoms with E-state index >= 15 is 0 Å². The summed E-state index contributed by atoms with van der Waals surface area (Å²) in [4.78, 5) is 0. The second-order valence-electron chi connectivity index (χ2n) is 5.55. The van der Waals surface area contributed by atoms with Crippen LogP contribution in [0.25, 0.3) is 0 Å². The van der Waals surface area contributed by atoms with Crippen LogP contribution in [0.4, 0.5) is 0 Å². The number of benzene rings is 2. The molecule has 0 radical (unpaired) electrons. The molecule has 0 unspecified atom stereocenters. The molecule has 0 fully saturated rings. The molecule has 2 aliphatic carbocycles. The maximum Gasteiger partial charge on any atom is 2.00 e. The molecule has 0 saturated carbocycles. The zero-order valence-corrected chi connectivity index (χ0v) is 20.4. The Hall–Kier alpha value is -1.93.